The van der Waals surface area contributed by atoms with Gasteiger partial charge >= 0.3 is 0 Å². The van der Waals surface area contributed by atoms with Gasteiger partial charge in [-0.25, -0.2) is 0 Å². The average molecular weight is 295 g/mol. The fourth-order valence-corrected chi connectivity index (χ4v) is 1.90. The molecule has 0 heterocycles. The molecule has 1 aromatic rings. The van der Waals surface area contributed by atoms with Crippen LogP contribution in [0, 0.1) is 10.1 Å². The number of nitrogens with one attached hydrogen (secondary N) is 2. The van der Waals surface area contributed by atoms with E-state index in [2.05, 4.69) is 10.6 Å². The Kier molecular flexibility index (Phi) is 6.61. The van der Waals surface area contributed by atoms with E-state index >= 15 is 0 Å². The highest BCUT2D eigenvalue weighted by molar-refractivity contribution is 5.95. The zero-order chi connectivity index (χ0) is 15.8. The smallest absolute Gasteiger partial charge is 0.292 e. The summed E-state index contributed by atoms with van der Waals surface area (Å²) in [4.78, 5) is 22.2. The van der Waals surface area contributed by atoms with Crippen molar-refractivity contribution in [2.24, 2.45) is 0 Å². The van der Waals surface area contributed by atoms with Crippen LogP contribution in [0.25, 0.3) is 0 Å². The molecule has 1 atom stereocenters. The Morgan fingerprint density at radius 1 is 1.43 bits per heavy atom. The van der Waals surface area contributed by atoms with E-state index in [1.54, 1.807) is 6.92 Å². The minimum absolute atomic E-state index is 0.119. The Morgan fingerprint density at radius 3 is 2.71 bits per heavy atom. The van der Waals surface area contributed by atoms with Gasteiger partial charge in [-0.2, -0.15) is 0 Å². The molecule has 7 nitrogen and oxygen atoms in total. The van der Waals surface area contributed by atoms with Crippen molar-refractivity contribution in [1.82, 2.24) is 5.32 Å². The Bertz CT molecular complexity index is 505. The van der Waals surface area contributed by atoms with Crippen LogP contribution >= 0.6 is 0 Å². The number of rotatable bonds is 8. The molecule has 0 spiro atoms. The molecule has 0 radical (unpaired) electrons. The van der Waals surface area contributed by atoms with Gasteiger partial charge in [-0.15, -0.1) is 0 Å². The zero-order valence-corrected chi connectivity index (χ0v) is 12.3. The monoisotopic (exact) mass is 295 g/mol. The summed E-state index contributed by atoms with van der Waals surface area (Å²) in [5.74, 6) is -0.287. The molecule has 0 saturated carbocycles. The van der Waals surface area contributed by atoms with Crippen molar-refractivity contribution in [1.29, 1.82) is 0 Å². The van der Waals surface area contributed by atoms with E-state index in [-0.39, 0.29) is 23.8 Å². The number of aliphatic hydroxyl groups is 1. The molecule has 1 amide bonds. The van der Waals surface area contributed by atoms with E-state index in [4.69, 9.17) is 0 Å². The predicted molar refractivity (Wildman–Crippen MR) is 80.5 cm³/mol. The zero-order valence-electron chi connectivity index (χ0n) is 12.3. The Hall–Kier alpha value is -2.15. The summed E-state index contributed by atoms with van der Waals surface area (Å²) in [5, 5.41) is 26.2. The van der Waals surface area contributed by atoms with Gasteiger partial charge in [0, 0.05) is 24.7 Å². The first-order chi connectivity index (χ1) is 9.99. The molecule has 1 rings (SSSR count). The van der Waals surface area contributed by atoms with Crippen LogP contribution < -0.4 is 10.6 Å². The highest BCUT2D eigenvalue weighted by Gasteiger charge is 2.17. The topological polar surface area (TPSA) is 104 Å². The molecule has 0 aliphatic heterocycles. The number of nitrogens with zero attached hydrogens (tertiary/aromatic N) is 1. The lowest BCUT2D eigenvalue weighted by molar-refractivity contribution is -0.384. The quantitative estimate of drug-likeness (QED) is 0.502. The first-order valence-corrected chi connectivity index (χ1v) is 6.98. The molecule has 116 valence electrons. The number of aliphatic hydroxyl groups excluding tert-OH is 1. The van der Waals surface area contributed by atoms with E-state index in [0.717, 1.165) is 6.42 Å². The van der Waals surface area contributed by atoms with Crippen molar-refractivity contribution in [3.8, 4) is 0 Å². The summed E-state index contributed by atoms with van der Waals surface area (Å²) >= 11 is 0. The third-order valence-corrected chi connectivity index (χ3v) is 2.94. The van der Waals surface area contributed by atoms with Gasteiger partial charge in [-0.05, 0) is 25.5 Å². The Morgan fingerprint density at radius 2 is 2.14 bits per heavy atom. The van der Waals surface area contributed by atoms with Crippen molar-refractivity contribution in [2.45, 2.75) is 32.8 Å². The number of nitro benzene ring substituents is 1. The summed E-state index contributed by atoms with van der Waals surface area (Å²) < 4.78 is 0. The van der Waals surface area contributed by atoms with Crippen LogP contribution in [0.4, 0.5) is 11.4 Å². The second-order valence-electron chi connectivity index (χ2n) is 4.67. The number of carbonyl (C=O) groups excluding carboxylic acids is 1. The summed E-state index contributed by atoms with van der Waals surface area (Å²) in [6.07, 6.45) is 0.850. The van der Waals surface area contributed by atoms with Crippen LogP contribution in [0.3, 0.4) is 0 Å². The highest BCUT2D eigenvalue weighted by Crippen LogP contribution is 2.25. The van der Waals surface area contributed by atoms with Gasteiger partial charge in [-0.1, -0.05) is 13.3 Å². The maximum atomic E-state index is 11.8. The molecular weight excluding hydrogens is 274 g/mol. The molecule has 0 aliphatic carbocycles. The van der Waals surface area contributed by atoms with Crippen LogP contribution in [-0.4, -0.2) is 35.1 Å². The molecule has 0 aromatic heterocycles. The van der Waals surface area contributed by atoms with Gasteiger partial charge in [0.15, 0.2) is 0 Å². The van der Waals surface area contributed by atoms with E-state index in [9.17, 15) is 20.0 Å². The van der Waals surface area contributed by atoms with Crippen molar-refractivity contribution in [3.63, 3.8) is 0 Å². The van der Waals surface area contributed by atoms with Gasteiger partial charge in [0.1, 0.15) is 5.69 Å². The van der Waals surface area contributed by atoms with Crippen LogP contribution in [0.5, 0.6) is 0 Å². The number of anilines is 1. The van der Waals surface area contributed by atoms with Crippen molar-refractivity contribution < 1.29 is 14.8 Å². The average Bonchev–Trinajstić information content (AvgIpc) is 2.45. The second-order valence-corrected chi connectivity index (χ2v) is 4.67. The minimum atomic E-state index is -0.581. The van der Waals surface area contributed by atoms with Gasteiger partial charge in [0.2, 0.25) is 0 Å². The van der Waals surface area contributed by atoms with E-state index in [0.29, 0.717) is 18.5 Å². The Balaban J connectivity index is 2.93. The summed E-state index contributed by atoms with van der Waals surface area (Å²) in [6.45, 7) is 4.42. The minimum Gasteiger partial charge on any atom is -0.391 e. The van der Waals surface area contributed by atoms with Gasteiger partial charge < -0.3 is 15.7 Å². The summed E-state index contributed by atoms with van der Waals surface area (Å²) in [7, 11) is 0. The van der Waals surface area contributed by atoms with E-state index < -0.39 is 11.0 Å². The van der Waals surface area contributed by atoms with E-state index in [1.165, 1.54) is 18.2 Å². The van der Waals surface area contributed by atoms with Crippen LogP contribution in [0.1, 0.15) is 37.0 Å². The van der Waals surface area contributed by atoms with Crippen LogP contribution in [0.15, 0.2) is 18.2 Å². The number of benzene rings is 1. The molecule has 0 bridgehead atoms. The van der Waals surface area contributed by atoms with Crippen LogP contribution in [-0.2, 0) is 0 Å². The maximum absolute atomic E-state index is 11.8. The van der Waals surface area contributed by atoms with Gasteiger partial charge in [0.25, 0.3) is 11.6 Å². The predicted octanol–water partition coefficient (Wildman–Crippen LogP) is 1.92. The summed E-state index contributed by atoms with van der Waals surface area (Å²) in [6, 6.07) is 4.14. The SMILES string of the molecule is CCCC(O)CNc1cc(C(=O)NCC)ccc1[N+](=O)[O-]. The van der Waals surface area contributed by atoms with Crippen molar-refractivity contribution in [3.05, 3.63) is 33.9 Å². The van der Waals surface area contributed by atoms with Crippen molar-refractivity contribution in [2.75, 3.05) is 18.4 Å². The molecule has 0 fully saturated rings. The normalized spacial score (nSPS) is 11.8. The third kappa shape index (κ3) is 5.03. The number of hydrogen-bond donors (Lipinski definition) is 3. The standard InChI is InChI=1S/C14H21N3O4/c1-3-5-11(18)9-16-12-8-10(14(19)15-4-2)6-7-13(12)17(20)21/h6-8,11,16,18H,3-5,9H2,1-2H3,(H,15,19). The fraction of sp³-hybridized carbons (Fsp3) is 0.500. The van der Waals surface area contributed by atoms with E-state index in [1.807, 2.05) is 6.92 Å². The molecule has 1 unspecified atom stereocenters. The lowest BCUT2D eigenvalue weighted by Crippen LogP contribution is -2.23. The summed E-state index contributed by atoms with van der Waals surface area (Å²) in [5.41, 5.74) is 0.459. The number of nitro groups is 1. The molecule has 0 aliphatic rings. The largest absolute Gasteiger partial charge is 0.391 e. The molecule has 7 heteroatoms. The molecular formula is C14H21N3O4. The molecule has 3 N–H and O–H groups in total. The third-order valence-electron chi connectivity index (χ3n) is 2.94. The lowest BCUT2D eigenvalue weighted by Gasteiger charge is -2.13. The second kappa shape index (κ2) is 8.21. The maximum Gasteiger partial charge on any atom is 0.292 e. The first-order valence-electron chi connectivity index (χ1n) is 6.98. The van der Waals surface area contributed by atoms with Gasteiger partial charge in [-0.3, -0.25) is 14.9 Å². The Labute approximate surface area is 123 Å². The highest BCUT2D eigenvalue weighted by atomic mass is 16.6. The molecule has 1 aromatic carbocycles. The number of hydrogen-bond acceptors (Lipinski definition) is 5. The van der Waals surface area contributed by atoms with Crippen LogP contribution in [0.2, 0.25) is 0 Å². The first kappa shape index (κ1) is 16.9. The number of amides is 1. The fourth-order valence-electron chi connectivity index (χ4n) is 1.90. The molecule has 21 heavy (non-hydrogen) atoms. The molecule has 0 saturated heterocycles. The van der Waals surface area contributed by atoms with Crippen molar-refractivity contribution >= 4 is 17.3 Å². The van der Waals surface area contributed by atoms with Gasteiger partial charge in [0.05, 0.1) is 11.0 Å². The lowest BCUT2D eigenvalue weighted by atomic mass is 10.1. The number of carbonyl (C=O) groups is 1.